The third kappa shape index (κ3) is 6.45. The van der Waals surface area contributed by atoms with Gasteiger partial charge in [-0.15, -0.1) is 13.2 Å². The van der Waals surface area contributed by atoms with E-state index in [2.05, 4.69) is 14.7 Å². The van der Waals surface area contributed by atoms with Crippen molar-refractivity contribution in [3.63, 3.8) is 0 Å². The Morgan fingerprint density at radius 3 is 2.59 bits per heavy atom. The molecule has 1 amide bonds. The second kappa shape index (κ2) is 11.4. The van der Waals surface area contributed by atoms with Crippen molar-refractivity contribution in [3.8, 4) is 5.75 Å². The van der Waals surface area contributed by atoms with Gasteiger partial charge in [0.1, 0.15) is 22.7 Å². The highest BCUT2D eigenvalue weighted by atomic mass is 19.4. The van der Waals surface area contributed by atoms with E-state index in [9.17, 15) is 36.9 Å². The quantitative estimate of drug-likeness (QED) is 0.234. The lowest BCUT2D eigenvalue weighted by Crippen LogP contribution is -2.36. The van der Waals surface area contributed by atoms with E-state index < -0.39 is 35.1 Å². The monoisotopic (exact) mass is 580 g/mol. The van der Waals surface area contributed by atoms with Gasteiger partial charge in [0.15, 0.2) is 5.65 Å². The molecule has 1 fully saturated rings. The number of hydrogen-bond donors (Lipinski definition) is 1. The molecule has 1 N–H and O–H groups in total. The predicted octanol–water partition coefficient (Wildman–Crippen LogP) is 5.14. The molecule has 0 radical (unpaired) electrons. The van der Waals surface area contributed by atoms with Gasteiger partial charge in [-0.05, 0) is 56.1 Å². The van der Waals surface area contributed by atoms with Crippen LogP contribution in [0.2, 0.25) is 0 Å². The second-order valence-corrected chi connectivity index (χ2v) is 9.86. The molecule has 2 aliphatic heterocycles. The third-order valence-electron chi connectivity index (χ3n) is 7.25. The number of benzene rings is 1. The van der Waals surface area contributed by atoms with Gasteiger partial charge in [0.05, 0.1) is 17.5 Å². The van der Waals surface area contributed by atoms with Crippen LogP contribution < -0.4 is 4.74 Å². The summed E-state index contributed by atoms with van der Waals surface area (Å²) in [6.45, 7) is 1.20. The normalized spacial score (nSPS) is 17.2. The van der Waals surface area contributed by atoms with Crippen molar-refractivity contribution >= 4 is 28.3 Å². The number of piperidine rings is 1. The molecule has 3 aromatic rings. The summed E-state index contributed by atoms with van der Waals surface area (Å²) < 4.78 is 66.8. The SMILES string of the molecule is O=C(c1ccc(OC(F)(F)F)cc1[N+](=O)[O-])N1CC=C(c2ccnc3[nH]c(C4CCN(CC(F)F)CC4)nc23)CC1. The highest BCUT2D eigenvalue weighted by molar-refractivity contribution is 5.99. The van der Waals surface area contributed by atoms with Crippen LogP contribution in [0.25, 0.3) is 16.7 Å². The second-order valence-electron chi connectivity index (χ2n) is 9.86. The zero-order chi connectivity index (χ0) is 29.3. The Labute approximate surface area is 230 Å². The van der Waals surface area contributed by atoms with E-state index in [0.29, 0.717) is 49.6 Å². The van der Waals surface area contributed by atoms with Crippen molar-refractivity contribution < 1.29 is 36.4 Å². The number of fused-ring (bicyclic) bond motifs is 1. The summed E-state index contributed by atoms with van der Waals surface area (Å²) in [5.41, 5.74) is 1.83. The Hall–Kier alpha value is -4.14. The highest BCUT2D eigenvalue weighted by Gasteiger charge is 2.33. The van der Waals surface area contributed by atoms with E-state index in [-0.39, 0.29) is 31.1 Å². The minimum absolute atomic E-state index is 0.0862. The number of carbonyl (C=O) groups is 1. The first kappa shape index (κ1) is 28.4. The molecule has 0 aliphatic carbocycles. The number of likely N-dealkylation sites (tertiary alicyclic amines) is 1. The molecule has 10 nitrogen and oxygen atoms in total. The summed E-state index contributed by atoms with van der Waals surface area (Å²) in [7, 11) is 0. The van der Waals surface area contributed by atoms with Crippen LogP contribution in [0, 0.1) is 10.1 Å². The van der Waals surface area contributed by atoms with E-state index in [1.807, 2.05) is 6.07 Å². The first-order valence-corrected chi connectivity index (χ1v) is 12.9. The number of pyridine rings is 1. The fourth-order valence-corrected chi connectivity index (χ4v) is 5.27. The van der Waals surface area contributed by atoms with Crippen LogP contribution in [0.15, 0.2) is 36.5 Å². The summed E-state index contributed by atoms with van der Waals surface area (Å²) >= 11 is 0. The van der Waals surface area contributed by atoms with Gasteiger partial charge in [0.2, 0.25) is 0 Å². The van der Waals surface area contributed by atoms with E-state index in [1.54, 1.807) is 17.2 Å². The summed E-state index contributed by atoms with van der Waals surface area (Å²) in [6, 6.07) is 4.21. The van der Waals surface area contributed by atoms with Crippen LogP contribution in [-0.4, -0.2) is 81.1 Å². The maximum atomic E-state index is 13.1. The van der Waals surface area contributed by atoms with Gasteiger partial charge in [0.25, 0.3) is 18.0 Å². The van der Waals surface area contributed by atoms with Crippen molar-refractivity contribution in [2.75, 3.05) is 32.7 Å². The number of nitro benzene ring substituents is 1. The number of hydrogen-bond acceptors (Lipinski definition) is 7. The van der Waals surface area contributed by atoms with Gasteiger partial charge in [-0.1, -0.05) is 6.08 Å². The standard InChI is InChI=1S/C26H25F5N6O4/c27-21(28)14-35-9-4-16(5-10-35)23-33-22-18(3-8-32-24(22)34-23)15-6-11-36(12-7-15)25(38)19-2-1-17(41-26(29,30)31)13-20(19)37(39)40/h1-3,6,8,13,16,21H,4-5,7,9-12,14H2,(H,32,33,34). The van der Waals surface area contributed by atoms with Crippen molar-refractivity contribution in [3.05, 3.63) is 63.6 Å². The number of halogens is 5. The Kier molecular flexibility index (Phi) is 7.89. The average Bonchev–Trinajstić information content (AvgIpc) is 3.36. The number of alkyl halides is 5. The Morgan fingerprint density at radius 1 is 1.20 bits per heavy atom. The molecule has 4 heterocycles. The van der Waals surface area contributed by atoms with Crippen LogP contribution in [0.3, 0.4) is 0 Å². The molecule has 0 saturated carbocycles. The molecular formula is C26H25F5N6O4. The maximum Gasteiger partial charge on any atom is 0.573 e. The molecule has 0 atom stereocenters. The van der Waals surface area contributed by atoms with Gasteiger partial charge in [-0.25, -0.2) is 18.7 Å². The highest BCUT2D eigenvalue weighted by Crippen LogP contribution is 2.33. The largest absolute Gasteiger partial charge is 0.573 e. The summed E-state index contributed by atoms with van der Waals surface area (Å²) in [5.74, 6) is -0.649. The molecular weight excluding hydrogens is 555 g/mol. The molecule has 5 rings (SSSR count). The molecule has 2 aliphatic rings. The smallest absolute Gasteiger partial charge is 0.406 e. The number of carbonyl (C=O) groups excluding carboxylic acids is 1. The molecule has 41 heavy (non-hydrogen) atoms. The van der Waals surface area contributed by atoms with Crippen molar-refractivity contribution in [2.45, 2.75) is 38.0 Å². The third-order valence-corrected chi connectivity index (χ3v) is 7.25. The van der Waals surface area contributed by atoms with Gasteiger partial charge in [-0.2, -0.15) is 0 Å². The Morgan fingerprint density at radius 2 is 1.95 bits per heavy atom. The Bertz CT molecular complexity index is 1480. The zero-order valence-electron chi connectivity index (χ0n) is 21.5. The van der Waals surface area contributed by atoms with Crippen molar-refractivity contribution in [1.29, 1.82) is 0 Å². The van der Waals surface area contributed by atoms with Crippen LogP contribution >= 0.6 is 0 Å². The number of imidazole rings is 1. The lowest BCUT2D eigenvalue weighted by Gasteiger charge is -2.30. The van der Waals surface area contributed by atoms with Crippen LogP contribution in [0.1, 0.15) is 46.9 Å². The molecule has 1 aromatic carbocycles. The number of aromatic nitrogens is 3. The number of nitro groups is 1. The summed E-state index contributed by atoms with van der Waals surface area (Å²) in [5, 5.41) is 11.5. The van der Waals surface area contributed by atoms with Gasteiger partial charge in [0, 0.05) is 30.8 Å². The molecule has 0 unspecified atom stereocenters. The summed E-state index contributed by atoms with van der Waals surface area (Å²) in [6.07, 6.45) is -2.17. The number of rotatable bonds is 7. The van der Waals surface area contributed by atoms with Gasteiger partial charge in [-0.3, -0.25) is 19.8 Å². The molecule has 0 bridgehead atoms. The molecule has 1 saturated heterocycles. The summed E-state index contributed by atoms with van der Waals surface area (Å²) in [4.78, 5) is 39.2. The van der Waals surface area contributed by atoms with Gasteiger partial charge < -0.3 is 14.6 Å². The molecule has 218 valence electrons. The van der Waals surface area contributed by atoms with E-state index >= 15 is 0 Å². The van der Waals surface area contributed by atoms with E-state index in [1.165, 1.54) is 4.90 Å². The maximum absolute atomic E-state index is 13.1. The number of amides is 1. The van der Waals surface area contributed by atoms with Crippen LogP contribution in [0.4, 0.5) is 27.6 Å². The lowest BCUT2D eigenvalue weighted by molar-refractivity contribution is -0.385. The van der Waals surface area contributed by atoms with Crippen molar-refractivity contribution in [2.24, 2.45) is 0 Å². The first-order valence-electron chi connectivity index (χ1n) is 12.9. The molecule has 0 spiro atoms. The number of ether oxygens (including phenoxy) is 1. The first-order chi connectivity index (χ1) is 19.5. The van der Waals surface area contributed by atoms with Crippen LogP contribution in [0.5, 0.6) is 5.75 Å². The number of nitrogens with one attached hydrogen (secondary N) is 1. The minimum Gasteiger partial charge on any atom is -0.406 e. The number of nitrogens with zero attached hydrogens (tertiary/aromatic N) is 5. The Balaban J connectivity index is 1.31. The fourth-order valence-electron chi connectivity index (χ4n) is 5.27. The van der Waals surface area contributed by atoms with Crippen LogP contribution in [-0.2, 0) is 0 Å². The zero-order valence-corrected chi connectivity index (χ0v) is 21.5. The predicted molar refractivity (Wildman–Crippen MR) is 137 cm³/mol. The fraction of sp³-hybridized carbons (Fsp3) is 0.423. The minimum atomic E-state index is -5.03. The van der Waals surface area contributed by atoms with Crippen molar-refractivity contribution in [1.82, 2.24) is 24.8 Å². The number of H-pyrrole nitrogens is 1. The molecule has 2 aromatic heterocycles. The van der Waals surface area contributed by atoms with E-state index in [0.717, 1.165) is 29.1 Å². The topological polar surface area (TPSA) is 117 Å². The van der Waals surface area contributed by atoms with E-state index in [4.69, 9.17) is 4.98 Å². The van der Waals surface area contributed by atoms with Gasteiger partial charge >= 0.3 is 6.36 Å². The molecule has 15 heteroatoms. The number of aromatic amines is 1. The average molecular weight is 581 g/mol. The lowest BCUT2D eigenvalue weighted by atomic mass is 9.96.